The molecule has 2 rings (SSSR count). The Bertz CT molecular complexity index is 280. The van der Waals surface area contributed by atoms with Crippen LogP contribution in [0.2, 0.25) is 0 Å². The monoisotopic (exact) mass is 224 g/mol. The normalized spacial score (nSPS) is 37.5. The molecule has 1 aliphatic heterocycles. The highest BCUT2D eigenvalue weighted by Crippen LogP contribution is 2.47. The highest BCUT2D eigenvalue weighted by molar-refractivity contribution is 4.97. The summed E-state index contributed by atoms with van der Waals surface area (Å²) >= 11 is 0. The number of ether oxygens (including phenoxy) is 2. The third kappa shape index (κ3) is 2.07. The predicted molar refractivity (Wildman–Crippen MR) is 64.6 cm³/mol. The third-order valence-corrected chi connectivity index (χ3v) is 4.24. The first-order chi connectivity index (χ1) is 7.54. The number of rotatable bonds is 2. The second-order valence-corrected chi connectivity index (χ2v) is 5.94. The molecule has 0 bridgehead atoms. The molecule has 0 spiro atoms. The lowest BCUT2D eigenvalue weighted by Gasteiger charge is -2.44. The van der Waals surface area contributed by atoms with Crippen LogP contribution in [0.3, 0.4) is 0 Å². The smallest absolute Gasteiger partial charge is 0.243 e. The molecule has 3 atom stereocenters. The van der Waals surface area contributed by atoms with E-state index in [0.29, 0.717) is 17.3 Å². The van der Waals surface area contributed by atoms with Crippen molar-refractivity contribution in [2.45, 2.75) is 59.7 Å². The first-order valence-corrected chi connectivity index (χ1v) is 6.56. The molecule has 1 fully saturated rings. The van der Waals surface area contributed by atoms with Crippen molar-refractivity contribution >= 4 is 0 Å². The maximum Gasteiger partial charge on any atom is 0.243 e. The number of allylic oxidation sites excluding steroid dienone is 1. The second-order valence-electron chi connectivity index (χ2n) is 5.94. The first-order valence-electron chi connectivity index (χ1n) is 6.56. The summed E-state index contributed by atoms with van der Waals surface area (Å²) in [6.07, 6.45) is 6.62. The maximum absolute atomic E-state index is 5.89. The minimum absolute atomic E-state index is 0.0414. The van der Waals surface area contributed by atoms with Gasteiger partial charge in [-0.1, -0.05) is 40.5 Å². The van der Waals surface area contributed by atoms with Gasteiger partial charge in [0, 0.05) is 12.3 Å². The van der Waals surface area contributed by atoms with E-state index in [2.05, 4.69) is 27.7 Å². The van der Waals surface area contributed by atoms with Crippen LogP contribution in [0.25, 0.3) is 0 Å². The molecule has 2 aliphatic rings. The third-order valence-electron chi connectivity index (χ3n) is 4.24. The summed E-state index contributed by atoms with van der Waals surface area (Å²) in [4.78, 5) is 0. The Kier molecular flexibility index (Phi) is 3.18. The molecule has 0 N–H and O–H groups in total. The van der Waals surface area contributed by atoms with Crippen LogP contribution in [-0.4, -0.2) is 6.29 Å². The van der Waals surface area contributed by atoms with Gasteiger partial charge in [0.15, 0.2) is 0 Å². The highest BCUT2D eigenvalue weighted by atomic mass is 16.7. The van der Waals surface area contributed by atoms with Crippen LogP contribution in [0, 0.1) is 17.3 Å². The molecule has 2 heteroatoms. The van der Waals surface area contributed by atoms with Crippen molar-refractivity contribution in [2.75, 3.05) is 0 Å². The molecule has 0 saturated heterocycles. The molecule has 0 aromatic rings. The Labute approximate surface area is 99.0 Å². The van der Waals surface area contributed by atoms with E-state index >= 15 is 0 Å². The molecule has 3 unspecified atom stereocenters. The van der Waals surface area contributed by atoms with E-state index < -0.39 is 0 Å². The Morgan fingerprint density at radius 3 is 2.75 bits per heavy atom. The molecule has 92 valence electrons. The van der Waals surface area contributed by atoms with Crippen molar-refractivity contribution in [3.05, 3.63) is 12.0 Å². The van der Waals surface area contributed by atoms with Crippen LogP contribution in [0.1, 0.15) is 53.4 Å². The molecule has 16 heavy (non-hydrogen) atoms. The fourth-order valence-electron chi connectivity index (χ4n) is 3.31. The van der Waals surface area contributed by atoms with Gasteiger partial charge in [0.2, 0.25) is 6.29 Å². The lowest BCUT2D eigenvalue weighted by Crippen LogP contribution is -2.42. The van der Waals surface area contributed by atoms with Crippen molar-refractivity contribution in [1.82, 2.24) is 0 Å². The first kappa shape index (κ1) is 11.8. The zero-order valence-electron chi connectivity index (χ0n) is 11.0. The summed E-state index contributed by atoms with van der Waals surface area (Å²) in [5.41, 5.74) is 0.333. The van der Waals surface area contributed by atoms with Gasteiger partial charge in [-0.3, -0.25) is 0 Å². The van der Waals surface area contributed by atoms with Gasteiger partial charge in [-0.25, -0.2) is 0 Å². The fourth-order valence-corrected chi connectivity index (χ4v) is 3.31. The van der Waals surface area contributed by atoms with E-state index in [4.69, 9.17) is 9.47 Å². The zero-order valence-corrected chi connectivity index (χ0v) is 11.0. The molecule has 0 radical (unpaired) electrons. The van der Waals surface area contributed by atoms with Gasteiger partial charge in [-0.2, -0.15) is 0 Å². The Morgan fingerprint density at radius 1 is 1.44 bits per heavy atom. The molecular weight excluding hydrogens is 200 g/mol. The van der Waals surface area contributed by atoms with E-state index in [0.717, 1.165) is 12.2 Å². The van der Waals surface area contributed by atoms with Crippen LogP contribution in [0.5, 0.6) is 0 Å². The summed E-state index contributed by atoms with van der Waals surface area (Å²) in [6.45, 7) is 9.14. The molecule has 1 heterocycles. The number of hydrogen-bond acceptors (Lipinski definition) is 2. The average molecular weight is 224 g/mol. The van der Waals surface area contributed by atoms with Crippen LogP contribution < -0.4 is 0 Å². The Hall–Kier alpha value is -0.660. The highest BCUT2D eigenvalue weighted by Gasteiger charge is 2.45. The van der Waals surface area contributed by atoms with Crippen LogP contribution in [-0.2, 0) is 9.47 Å². The van der Waals surface area contributed by atoms with Crippen molar-refractivity contribution in [1.29, 1.82) is 0 Å². The van der Waals surface area contributed by atoms with E-state index in [1.165, 1.54) is 19.3 Å². The SMILES string of the molecule is CCC1=COC(C2C(C)CCCC2(C)C)O1. The van der Waals surface area contributed by atoms with Crippen LogP contribution in [0.4, 0.5) is 0 Å². The van der Waals surface area contributed by atoms with Gasteiger partial charge >= 0.3 is 0 Å². The number of hydrogen-bond donors (Lipinski definition) is 0. The lowest BCUT2D eigenvalue weighted by atomic mass is 9.64. The van der Waals surface area contributed by atoms with Gasteiger partial charge in [0.05, 0.1) is 0 Å². The standard InChI is InChI=1S/C14H24O2/c1-5-11-9-15-13(16-11)12-10(2)7-6-8-14(12,3)4/h9-10,12-13H,5-8H2,1-4H3. The molecule has 1 saturated carbocycles. The van der Waals surface area contributed by atoms with Crippen molar-refractivity contribution in [3.8, 4) is 0 Å². The summed E-state index contributed by atoms with van der Waals surface area (Å²) < 4.78 is 11.6. The van der Waals surface area contributed by atoms with E-state index in [-0.39, 0.29) is 6.29 Å². The summed E-state index contributed by atoms with van der Waals surface area (Å²) in [6, 6.07) is 0. The van der Waals surface area contributed by atoms with Gasteiger partial charge in [-0.15, -0.1) is 0 Å². The Morgan fingerprint density at radius 2 is 2.19 bits per heavy atom. The topological polar surface area (TPSA) is 18.5 Å². The molecular formula is C14H24O2. The van der Waals surface area contributed by atoms with Gasteiger partial charge in [0.1, 0.15) is 12.0 Å². The van der Waals surface area contributed by atoms with Gasteiger partial charge < -0.3 is 9.47 Å². The quantitative estimate of drug-likeness (QED) is 0.704. The van der Waals surface area contributed by atoms with Crippen molar-refractivity contribution in [2.24, 2.45) is 17.3 Å². The van der Waals surface area contributed by atoms with Crippen LogP contribution >= 0.6 is 0 Å². The average Bonchev–Trinajstić information content (AvgIpc) is 2.64. The van der Waals surface area contributed by atoms with E-state index in [1.807, 2.05) is 6.26 Å². The van der Waals surface area contributed by atoms with Gasteiger partial charge in [-0.05, 0) is 17.8 Å². The molecule has 0 amide bonds. The minimum atomic E-state index is -0.0414. The van der Waals surface area contributed by atoms with Gasteiger partial charge in [0.25, 0.3) is 0 Å². The van der Waals surface area contributed by atoms with E-state index in [1.54, 1.807) is 0 Å². The zero-order chi connectivity index (χ0) is 11.8. The minimum Gasteiger partial charge on any atom is -0.459 e. The summed E-state index contributed by atoms with van der Waals surface area (Å²) in [7, 11) is 0. The van der Waals surface area contributed by atoms with Crippen molar-refractivity contribution in [3.63, 3.8) is 0 Å². The van der Waals surface area contributed by atoms with Crippen molar-refractivity contribution < 1.29 is 9.47 Å². The second kappa shape index (κ2) is 4.31. The maximum atomic E-state index is 5.89. The van der Waals surface area contributed by atoms with E-state index in [9.17, 15) is 0 Å². The molecule has 2 nitrogen and oxygen atoms in total. The predicted octanol–water partition coefficient (Wildman–Crippen LogP) is 4.07. The molecule has 0 aromatic carbocycles. The fraction of sp³-hybridized carbons (Fsp3) is 0.857. The molecule has 1 aliphatic carbocycles. The summed E-state index contributed by atoms with van der Waals surface area (Å²) in [5, 5.41) is 0. The summed E-state index contributed by atoms with van der Waals surface area (Å²) in [5.74, 6) is 2.21. The van der Waals surface area contributed by atoms with Crippen LogP contribution in [0.15, 0.2) is 12.0 Å². The largest absolute Gasteiger partial charge is 0.459 e. The molecule has 0 aromatic heterocycles. The Balaban J connectivity index is 2.07. The lowest BCUT2D eigenvalue weighted by molar-refractivity contribution is -0.139.